The lowest BCUT2D eigenvalue weighted by Crippen LogP contribution is -2.05. The fourth-order valence-electron chi connectivity index (χ4n) is 5.43. The lowest BCUT2D eigenvalue weighted by molar-refractivity contribution is 0.590. The zero-order chi connectivity index (χ0) is 34.3. The second kappa shape index (κ2) is 11.3. The number of hydrogen-bond donors (Lipinski definition) is 0. The van der Waals surface area contributed by atoms with Gasteiger partial charge in [-0.25, -0.2) is 26.9 Å². The number of halogens is 5. The molecule has 0 bridgehead atoms. The van der Waals surface area contributed by atoms with Crippen molar-refractivity contribution in [2.45, 2.75) is 0 Å². The molecule has 0 atom stereocenters. The van der Waals surface area contributed by atoms with Crippen LogP contribution in [0.3, 0.4) is 0 Å². The number of nitriles is 8. The molecule has 3 aromatic rings. The first-order valence-electron chi connectivity index (χ1n) is 12.5. The largest absolute Gasteiger partial charge is 0.242 e. The van der Waals surface area contributed by atoms with Gasteiger partial charge in [-0.2, -0.15) is 42.1 Å². The Kier molecular flexibility index (Phi) is 7.36. The Morgan fingerprint density at radius 1 is 0.511 bits per heavy atom. The van der Waals surface area contributed by atoms with E-state index in [1.54, 1.807) is 12.1 Å². The molecule has 0 amide bonds. The Hall–Kier alpha value is -7.88. The quantitative estimate of drug-likeness (QED) is 0.242. The molecular weight excluding hydrogens is 617 g/mol. The first kappa shape index (κ1) is 30.6. The van der Waals surface area contributed by atoms with Gasteiger partial charge in [0.2, 0.25) is 0 Å². The van der Waals surface area contributed by atoms with E-state index in [0.29, 0.717) is 18.3 Å². The Morgan fingerprint density at radius 2 is 0.979 bits per heavy atom. The van der Waals surface area contributed by atoms with Crippen LogP contribution in [0.15, 0.2) is 35.5 Å². The van der Waals surface area contributed by atoms with Gasteiger partial charge in [-0.05, 0) is 18.2 Å². The minimum absolute atomic E-state index is 0.422. The van der Waals surface area contributed by atoms with Crippen molar-refractivity contribution in [2.75, 3.05) is 0 Å². The molecule has 9 nitrogen and oxygen atoms in total. The third kappa shape index (κ3) is 4.18. The van der Waals surface area contributed by atoms with Gasteiger partial charge in [0.25, 0.3) is 0 Å². The normalized spacial score (nSPS) is 12.4. The van der Waals surface area contributed by atoms with E-state index in [1.807, 2.05) is 0 Å². The lowest BCUT2D eigenvalue weighted by atomic mass is 9.88. The zero-order valence-corrected chi connectivity index (χ0v) is 22.7. The molecule has 2 aliphatic carbocycles. The van der Waals surface area contributed by atoms with E-state index < -0.39 is 118 Å². The van der Waals surface area contributed by atoms with Crippen molar-refractivity contribution < 1.29 is 22.0 Å². The van der Waals surface area contributed by atoms with E-state index in [1.165, 1.54) is 36.4 Å². The van der Waals surface area contributed by atoms with E-state index >= 15 is 17.6 Å². The molecule has 0 saturated carbocycles. The van der Waals surface area contributed by atoms with Gasteiger partial charge >= 0.3 is 0 Å². The summed E-state index contributed by atoms with van der Waals surface area (Å²) in [5.74, 6) is -7.15. The molecule has 216 valence electrons. The topological polar surface area (TPSA) is 203 Å². The molecular formula is C33H4F5N9. The molecule has 2 aromatic carbocycles. The number of aromatic nitrogens is 1. The van der Waals surface area contributed by atoms with Crippen LogP contribution in [0.4, 0.5) is 22.0 Å². The summed E-state index contributed by atoms with van der Waals surface area (Å²) < 4.78 is 79.2. The standard InChI is InChI=1S/C33H4F5N9/c34-21-3-18(22(35)1-13(21)4-39)27-20(11-46)29-31(25(27)15(7-42)8-43)33(38)30-24(14(5-40)6-41)26(19(10-45)28(30)32(29)37)17-2-16(9-44)47-12-23(17)36/h1-3,12H. The maximum atomic E-state index is 17.0. The van der Waals surface area contributed by atoms with Gasteiger partial charge in [0, 0.05) is 55.7 Å². The summed E-state index contributed by atoms with van der Waals surface area (Å²) in [6.45, 7) is 0. The fourth-order valence-corrected chi connectivity index (χ4v) is 5.43. The molecule has 1 aromatic heterocycles. The second-order valence-electron chi connectivity index (χ2n) is 9.38. The average molecular weight is 621 g/mol. The number of benzene rings is 2. The fraction of sp³-hybridized carbons (Fsp3) is 0. The van der Waals surface area contributed by atoms with Gasteiger partial charge in [0.05, 0.1) is 22.9 Å². The molecule has 0 N–H and O–H groups in total. The van der Waals surface area contributed by atoms with Gasteiger partial charge in [0.15, 0.2) is 0 Å². The summed E-state index contributed by atoms with van der Waals surface area (Å²) >= 11 is 0. The van der Waals surface area contributed by atoms with Gasteiger partial charge < -0.3 is 0 Å². The van der Waals surface area contributed by atoms with E-state index in [2.05, 4.69) is 4.98 Å². The van der Waals surface area contributed by atoms with Crippen LogP contribution in [0.1, 0.15) is 44.6 Å². The molecule has 47 heavy (non-hydrogen) atoms. The van der Waals surface area contributed by atoms with Crippen LogP contribution >= 0.6 is 0 Å². The molecule has 0 aliphatic heterocycles. The van der Waals surface area contributed by atoms with E-state index in [9.17, 15) is 41.2 Å². The minimum Gasteiger partial charge on any atom is -0.242 e. The summed E-state index contributed by atoms with van der Waals surface area (Å²) in [7, 11) is 0. The molecule has 14 heteroatoms. The SMILES string of the molecule is N#CC(C#N)=C1C(c2cc(C#N)ncc2F)=C(C#N)c2c(F)c3c(c(F)c21)C(=C(C#N)C#N)C(c1cc(F)c(C#N)cc1F)=C3C#N. The maximum absolute atomic E-state index is 17.0. The first-order valence-corrected chi connectivity index (χ1v) is 12.5. The van der Waals surface area contributed by atoms with Crippen molar-refractivity contribution in [3.8, 4) is 48.6 Å². The third-order valence-electron chi connectivity index (χ3n) is 7.23. The molecule has 0 saturated heterocycles. The number of hydrogen-bond acceptors (Lipinski definition) is 9. The van der Waals surface area contributed by atoms with Crippen molar-refractivity contribution in [3.05, 3.63) is 109 Å². The van der Waals surface area contributed by atoms with E-state index in [0.717, 1.165) is 6.07 Å². The summed E-state index contributed by atoms with van der Waals surface area (Å²) in [5.41, 5.74) is -13.6. The summed E-state index contributed by atoms with van der Waals surface area (Å²) in [5, 5.41) is 77.9. The van der Waals surface area contributed by atoms with Gasteiger partial charge in [-0.15, -0.1) is 0 Å². The Morgan fingerprint density at radius 3 is 1.40 bits per heavy atom. The zero-order valence-electron chi connectivity index (χ0n) is 22.7. The van der Waals surface area contributed by atoms with Crippen LogP contribution in [-0.4, -0.2) is 4.98 Å². The number of nitrogens with zero attached hydrogens (tertiary/aromatic N) is 9. The number of fused-ring (bicyclic) bond motifs is 2. The predicted molar refractivity (Wildman–Crippen MR) is 147 cm³/mol. The molecule has 0 radical (unpaired) electrons. The van der Waals surface area contributed by atoms with Gasteiger partial charge in [0.1, 0.15) is 94.5 Å². The molecule has 0 unspecified atom stereocenters. The van der Waals surface area contributed by atoms with E-state index in [-0.39, 0.29) is 0 Å². The lowest BCUT2D eigenvalue weighted by Gasteiger charge is -2.15. The van der Waals surface area contributed by atoms with Crippen LogP contribution in [-0.2, 0) is 0 Å². The Balaban J connectivity index is 2.07. The molecule has 2 aliphatic rings. The highest BCUT2D eigenvalue weighted by atomic mass is 19.1. The number of allylic oxidation sites excluding steroid dienone is 8. The maximum Gasteiger partial charge on any atom is 0.149 e. The van der Waals surface area contributed by atoms with Crippen molar-refractivity contribution in [1.82, 2.24) is 4.98 Å². The number of rotatable bonds is 2. The predicted octanol–water partition coefficient (Wildman–Crippen LogP) is 6.02. The second-order valence-corrected chi connectivity index (χ2v) is 9.38. The van der Waals surface area contributed by atoms with Crippen LogP contribution in [0.2, 0.25) is 0 Å². The van der Waals surface area contributed by atoms with E-state index in [4.69, 9.17) is 5.26 Å². The Labute approximate surface area is 260 Å². The monoisotopic (exact) mass is 621 g/mol. The van der Waals surface area contributed by atoms with Crippen LogP contribution in [0, 0.1) is 120 Å². The molecule has 0 spiro atoms. The van der Waals surface area contributed by atoms with Gasteiger partial charge in [-0.3, -0.25) is 0 Å². The highest BCUT2D eigenvalue weighted by molar-refractivity contribution is 6.30. The summed E-state index contributed by atoms with van der Waals surface area (Å²) in [6, 6.07) is 13.6. The molecule has 1 heterocycles. The summed E-state index contributed by atoms with van der Waals surface area (Å²) in [4.78, 5) is 3.53. The van der Waals surface area contributed by atoms with Crippen molar-refractivity contribution in [1.29, 1.82) is 42.1 Å². The van der Waals surface area contributed by atoms with Crippen molar-refractivity contribution in [2.24, 2.45) is 0 Å². The highest BCUT2D eigenvalue weighted by Gasteiger charge is 2.45. The van der Waals surface area contributed by atoms with Crippen LogP contribution in [0.5, 0.6) is 0 Å². The van der Waals surface area contributed by atoms with Crippen molar-refractivity contribution >= 4 is 33.4 Å². The average Bonchev–Trinajstić information content (AvgIpc) is 3.60. The smallest absolute Gasteiger partial charge is 0.149 e. The highest BCUT2D eigenvalue weighted by Crippen LogP contribution is 2.57. The molecule has 0 fully saturated rings. The van der Waals surface area contributed by atoms with Crippen LogP contribution in [0.25, 0.3) is 33.4 Å². The third-order valence-corrected chi connectivity index (χ3v) is 7.23. The minimum atomic E-state index is -1.62. The molecule has 5 rings (SSSR count). The van der Waals surface area contributed by atoms with Crippen LogP contribution < -0.4 is 0 Å². The van der Waals surface area contributed by atoms with Crippen molar-refractivity contribution in [3.63, 3.8) is 0 Å². The number of pyridine rings is 1. The Bertz CT molecular complexity index is 2520. The van der Waals surface area contributed by atoms with Gasteiger partial charge in [-0.1, -0.05) is 0 Å². The summed E-state index contributed by atoms with van der Waals surface area (Å²) in [6.07, 6.45) is 0.558. The first-order chi connectivity index (χ1) is 22.6.